The molecule has 0 atom stereocenters. The van der Waals surface area contributed by atoms with Crippen LogP contribution in [0.3, 0.4) is 0 Å². The maximum atomic E-state index is 13.3. The van der Waals surface area contributed by atoms with Crippen molar-refractivity contribution in [1.29, 1.82) is 0 Å². The molecule has 0 radical (unpaired) electrons. The van der Waals surface area contributed by atoms with Crippen LogP contribution in [0.15, 0.2) is 47.6 Å². The molecule has 0 unspecified atom stereocenters. The van der Waals surface area contributed by atoms with E-state index in [1.54, 1.807) is 18.5 Å². The molecule has 0 aliphatic carbocycles. The van der Waals surface area contributed by atoms with E-state index in [1.807, 2.05) is 0 Å². The van der Waals surface area contributed by atoms with E-state index in [0.717, 1.165) is 6.07 Å². The van der Waals surface area contributed by atoms with Crippen molar-refractivity contribution in [2.24, 2.45) is 0 Å². The van der Waals surface area contributed by atoms with Gasteiger partial charge in [0, 0.05) is 12.4 Å². The third-order valence-corrected chi connectivity index (χ3v) is 4.04. The van der Waals surface area contributed by atoms with Crippen LogP contribution in [0.2, 0.25) is 0 Å². The highest BCUT2D eigenvalue weighted by Crippen LogP contribution is 2.15. The lowest BCUT2D eigenvalue weighted by atomic mass is 10.3. The van der Waals surface area contributed by atoms with Crippen LogP contribution < -0.4 is 0 Å². The lowest BCUT2D eigenvalue weighted by molar-refractivity contribution is 0.558. The fraction of sp³-hybridized carbons (Fsp3) is 0.182. The van der Waals surface area contributed by atoms with Crippen LogP contribution in [0.1, 0.15) is 0 Å². The third-order valence-electron chi connectivity index (χ3n) is 2.32. The predicted molar refractivity (Wildman–Crippen MR) is 60.7 cm³/mol. The van der Waals surface area contributed by atoms with Crippen LogP contribution in [0.4, 0.5) is 4.39 Å². The van der Waals surface area contributed by atoms with Gasteiger partial charge in [0.05, 0.1) is 12.3 Å². The summed E-state index contributed by atoms with van der Waals surface area (Å²) in [5.74, 6) is -0.886. The van der Waals surface area contributed by atoms with E-state index in [0.29, 0.717) is 0 Å². The summed E-state index contributed by atoms with van der Waals surface area (Å²) in [5.41, 5.74) is 0. The van der Waals surface area contributed by atoms with Crippen LogP contribution in [-0.2, 0) is 16.4 Å². The molecule has 4 nitrogen and oxygen atoms in total. The molecule has 0 bridgehead atoms. The molecule has 1 aromatic heterocycles. The molecule has 6 heteroatoms. The predicted octanol–water partition coefficient (Wildman–Crippen LogP) is 1.50. The number of hydrogen-bond donors (Lipinski definition) is 0. The Labute approximate surface area is 98.6 Å². The first-order valence-electron chi connectivity index (χ1n) is 5.04. The minimum atomic E-state index is -3.60. The molecule has 2 aromatic rings. The second-order valence-corrected chi connectivity index (χ2v) is 5.60. The fourth-order valence-electron chi connectivity index (χ4n) is 1.45. The number of sulfone groups is 1. The molecule has 0 saturated heterocycles. The second kappa shape index (κ2) is 4.67. The van der Waals surface area contributed by atoms with Crippen molar-refractivity contribution in [3.63, 3.8) is 0 Å². The third kappa shape index (κ3) is 2.71. The van der Waals surface area contributed by atoms with E-state index in [4.69, 9.17) is 0 Å². The van der Waals surface area contributed by atoms with Crippen molar-refractivity contribution in [2.45, 2.75) is 11.4 Å². The van der Waals surface area contributed by atoms with E-state index in [2.05, 4.69) is 5.10 Å². The molecule has 0 amide bonds. The summed E-state index contributed by atoms with van der Waals surface area (Å²) >= 11 is 0. The topological polar surface area (TPSA) is 52.0 Å². The van der Waals surface area contributed by atoms with Crippen LogP contribution in [0.5, 0.6) is 0 Å². The first-order chi connectivity index (χ1) is 8.09. The van der Waals surface area contributed by atoms with E-state index in [9.17, 15) is 12.8 Å². The zero-order valence-corrected chi connectivity index (χ0v) is 9.77. The first-order valence-corrected chi connectivity index (χ1v) is 6.69. The number of rotatable bonds is 4. The zero-order valence-electron chi connectivity index (χ0n) is 8.95. The molecular weight excluding hydrogens is 243 g/mol. The zero-order chi connectivity index (χ0) is 12.3. The van der Waals surface area contributed by atoms with Crippen molar-refractivity contribution >= 4 is 9.84 Å². The Bertz CT molecular complexity index is 594. The van der Waals surface area contributed by atoms with Crippen molar-refractivity contribution in [3.05, 3.63) is 48.5 Å². The first kappa shape index (κ1) is 11.8. The highest BCUT2D eigenvalue weighted by molar-refractivity contribution is 7.91. The molecule has 17 heavy (non-hydrogen) atoms. The average molecular weight is 254 g/mol. The van der Waals surface area contributed by atoms with Gasteiger partial charge in [0.2, 0.25) is 0 Å². The normalized spacial score (nSPS) is 11.6. The lowest BCUT2D eigenvalue weighted by Gasteiger charge is -2.05. The molecule has 1 heterocycles. The van der Waals surface area contributed by atoms with Gasteiger partial charge in [-0.05, 0) is 18.2 Å². The Morgan fingerprint density at radius 1 is 1.24 bits per heavy atom. The molecule has 2 rings (SSSR count). The van der Waals surface area contributed by atoms with Gasteiger partial charge in [-0.15, -0.1) is 0 Å². The molecule has 90 valence electrons. The number of aryl methyl sites for hydroxylation is 1. The van der Waals surface area contributed by atoms with E-state index >= 15 is 0 Å². The molecule has 0 spiro atoms. The smallest absolute Gasteiger partial charge is 0.183 e. The fourth-order valence-corrected chi connectivity index (χ4v) is 2.75. The van der Waals surface area contributed by atoms with Gasteiger partial charge in [-0.3, -0.25) is 4.68 Å². The minimum Gasteiger partial charge on any atom is -0.272 e. The summed E-state index contributed by atoms with van der Waals surface area (Å²) in [6.07, 6.45) is 3.23. The van der Waals surface area contributed by atoms with Gasteiger partial charge in [0.1, 0.15) is 10.7 Å². The highest BCUT2D eigenvalue weighted by atomic mass is 32.2. The van der Waals surface area contributed by atoms with Gasteiger partial charge in [0.15, 0.2) is 9.84 Å². The number of nitrogens with zero attached hydrogens (tertiary/aromatic N) is 2. The van der Waals surface area contributed by atoms with Gasteiger partial charge < -0.3 is 0 Å². The Hall–Kier alpha value is -1.69. The van der Waals surface area contributed by atoms with Gasteiger partial charge in [0.25, 0.3) is 0 Å². The Morgan fingerprint density at radius 2 is 2.00 bits per heavy atom. The van der Waals surface area contributed by atoms with E-state index in [1.165, 1.54) is 22.9 Å². The van der Waals surface area contributed by atoms with Crippen LogP contribution in [0, 0.1) is 5.82 Å². The van der Waals surface area contributed by atoms with Crippen LogP contribution in [-0.4, -0.2) is 24.0 Å². The van der Waals surface area contributed by atoms with E-state index in [-0.39, 0.29) is 17.2 Å². The maximum Gasteiger partial charge on any atom is 0.183 e. The average Bonchev–Trinajstić information content (AvgIpc) is 2.80. The molecule has 0 aliphatic heterocycles. The number of aromatic nitrogens is 2. The molecule has 0 fully saturated rings. The molecular formula is C11H11FN2O2S. The Morgan fingerprint density at radius 3 is 2.65 bits per heavy atom. The molecule has 0 saturated carbocycles. The minimum absolute atomic E-state index is 0.171. The summed E-state index contributed by atoms with van der Waals surface area (Å²) in [6, 6.07) is 7.08. The second-order valence-electron chi connectivity index (χ2n) is 3.52. The lowest BCUT2D eigenvalue weighted by Crippen LogP contribution is -2.14. The van der Waals surface area contributed by atoms with Crippen molar-refractivity contribution < 1.29 is 12.8 Å². The molecule has 0 N–H and O–H groups in total. The van der Waals surface area contributed by atoms with Crippen LogP contribution >= 0.6 is 0 Å². The number of benzene rings is 1. The largest absolute Gasteiger partial charge is 0.272 e. The molecule has 1 aromatic carbocycles. The van der Waals surface area contributed by atoms with Gasteiger partial charge in [-0.25, -0.2) is 12.8 Å². The quantitative estimate of drug-likeness (QED) is 0.830. The Kier molecular flexibility index (Phi) is 3.23. The van der Waals surface area contributed by atoms with Crippen molar-refractivity contribution in [3.8, 4) is 0 Å². The van der Waals surface area contributed by atoms with Crippen molar-refractivity contribution in [2.75, 3.05) is 5.75 Å². The summed E-state index contributed by atoms with van der Waals surface area (Å²) in [6.45, 7) is 0.212. The summed E-state index contributed by atoms with van der Waals surface area (Å²) < 4.78 is 38.6. The van der Waals surface area contributed by atoms with Gasteiger partial charge in [-0.1, -0.05) is 12.1 Å². The standard InChI is InChI=1S/C11H11FN2O2S/c12-10-4-1-2-5-11(10)17(15,16)9-8-14-7-3-6-13-14/h1-7H,8-9H2. The Balaban J connectivity index is 2.17. The number of halogens is 1. The summed E-state index contributed by atoms with van der Waals surface area (Å²) in [7, 11) is -3.60. The highest BCUT2D eigenvalue weighted by Gasteiger charge is 2.18. The maximum absolute atomic E-state index is 13.3. The monoisotopic (exact) mass is 254 g/mol. The summed E-state index contributed by atoms with van der Waals surface area (Å²) in [4.78, 5) is -0.257. The van der Waals surface area contributed by atoms with Gasteiger partial charge >= 0.3 is 0 Å². The van der Waals surface area contributed by atoms with Gasteiger partial charge in [-0.2, -0.15) is 5.10 Å². The SMILES string of the molecule is O=S(=O)(CCn1cccn1)c1ccccc1F. The molecule has 0 aliphatic rings. The van der Waals surface area contributed by atoms with Crippen LogP contribution in [0.25, 0.3) is 0 Å². The van der Waals surface area contributed by atoms with Crippen molar-refractivity contribution in [1.82, 2.24) is 9.78 Å². The number of hydrogen-bond acceptors (Lipinski definition) is 3. The summed E-state index contributed by atoms with van der Waals surface area (Å²) in [5, 5.41) is 3.89. The van der Waals surface area contributed by atoms with E-state index < -0.39 is 15.7 Å².